The number of rotatable bonds is 18. The Labute approximate surface area is 272 Å². The summed E-state index contributed by atoms with van der Waals surface area (Å²) in [5.74, 6) is -0.625. The summed E-state index contributed by atoms with van der Waals surface area (Å²) in [6.07, 6.45) is 2.22. The van der Waals surface area contributed by atoms with Crippen molar-refractivity contribution in [3.05, 3.63) is 24.3 Å². The molecule has 7 nitrogen and oxygen atoms in total. The Morgan fingerprint density at radius 1 is 0.625 bits per heavy atom. The number of hydrogen-bond donors (Lipinski definition) is 0. The first kappa shape index (κ1) is 52.3. The van der Waals surface area contributed by atoms with E-state index >= 15 is 0 Å². The highest BCUT2D eigenvalue weighted by Gasteiger charge is 2.33. The van der Waals surface area contributed by atoms with Gasteiger partial charge in [0.2, 0.25) is 0 Å². The van der Waals surface area contributed by atoms with Crippen LogP contribution >= 0.6 is 0 Å². The van der Waals surface area contributed by atoms with Crippen LogP contribution in [-0.4, -0.2) is 105 Å². The maximum absolute atomic E-state index is 11.6. The van der Waals surface area contributed by atoms with Crippen molar-refractivity contribution in [3.63, 3.8) is 0 Å². The summed E-state index contributed by atoms with van der Waals surface area (Å²) >= 11 is 0. The third kappa shape index (κ3) is 26.6. The Kier molecular flexibility index (Phi) is 30.3. The second-order valence-electron chi connectivity index (χ2n) is 12.4. The van der Waals surface area contributed by atoms with Gasteiger partial charge < -0.3 is 56.5 Å². The molecule has 0 aliphatic carbocycles. The smallest absolute Gasteiger partial charge is 0.333 e. The van der Waals surface area contributed by atoms with Crippen LogP contribution in [0.5, 0.6) is 0 Å². The molecule has 0 spiro atoms. The molecule has 0 bridgehead atoms. The Bertz CT molecular complexity index is 686. The fraction of sp³-hybridized carbons (Fsp3) is 0.793. The van der Waals surface area contributed by atoms with Crippen molar-refractivity contribution in [2.24, 2.45) is 0 Å². The molecule has 0 saturated heterocycles. The van der Waals surface area contributed by atoms with Gasteiger partial charge >= 0.3 is 11.9 Å². The molecular weight excluding hydrogens is 672 g/mol. The zero-order valence-electron chi connectivity index (χ0n) is 25.2. The monoisotopic (exact) mass is 736 g/mol. The van der Waals surface area contributed by atoms with Crippen LogP contribution in [0.25, 0.3) is 0 Å². The van der Waals surface area contributed by atoms with Crippen molar-refractivity contribution in [1.82, 2.24) is 0 Å². The van der Waals surface area contributed by atoms with Crippen LogP contribution < -0.4 is 34.0 Å². The summed E-state index contributed by atoms with van der Waals surface area (Å²) < 4.78 is 19.0. The molecule has 0 N–H and O–H groups in total. The molecule has 0 aromatic rings. The van der Waals surface area contributed by atoms with Gasteiger partial charge in [0, 0.05) is 11.1 Å². The summed E-state index contributed by atoms with van der Waals surface area (Å²) in [5.41, 5.74) is 0.886. The van der Waals surface area contributed by atoms with Crippen LogP contribution in [0, 0.1) is 0 Å². The van der Waals surface area contributed by atoms with Gasteiger partial charge in [0.25, 0.3) is 0 Å². The van der Waals surface area contributed by atoms with E-state index in [1.807, 2.05) is 0 Å². The van der Waals surface area contributed by atoms with Gasteiger partial charge in [0.05, 0.1) is 41.3 Å². The first-order valence-corrected chi connectivity index (χ1v) is 19.0. The fourth-order valence-electron chi connectivity index (χ4n) is 3.96. The van der Waals surface area contributed by atoms with Crippen molar-refractivity contribution < 1.29 is 66.1 Å². The van der Waals surface area contributed by atoms with Gasteiger partial charge in [-0.1, -0.05) is 35.4 Å². The lowest BCUT2D eigenvalue weighted by Crippen LogP contribution is -3.00. The molecule has 0 saturated carbocycles. The van der Waals surface area contributed by atoms with E-state index in [4.69, 9.17) is 13.6 Å². The molecule has 40 heavy (non-hydrogen) atoms. The minimum Gasteiger partial charge on any atom is -1.00 e. The second-order valence-corrected chi connectivity index (χ2v) is 21.3. The van der Waals surface area contributed by atoms with Crippen molar-refractivity contribution in [1.29, 1.82) is 0 Å². The fourth-order valence-corrected chi connectivity index (χ4v) is 12.8. The number of carbonyl (C=O) groups excluding carboxylic acids is 2. The standard InChI is InChI=1S/C26H54N2O5Si2.3CH4.2BrH/c1-23(2)25(29)31-19-17-27(5,6)15-13-21-34(9,10)33-35(11,12)22-14-16-28(7,8)18-20-32-26(30)24(3)4;;;;;/h1,3,13-22H2,2,4-12H3;3*1H4;2*1H/q+2;;;;;/p-2. The summed E-state index contributed by atoms with van der Waals surface area (Å²) in [6.45, 7) is 24.4. The molecule has 0 aliphatic heterocycles. The van der Waals surface area contributed by atoms with Gasteiger partial charge in [-0.25, -0.2) is 9.59 Å². The Morgan fingerprint density at radius 3 is 1.15 bits per heavy atom. The third-order valence-electron chi connectivity index (χ3n) is 6.19. The quantitative estimate of drug-likeness (QED) is 0.0889. The summed E-state index contributed by atoms with van der Waals surface area (Å²) in [5, 5.41) is 0. The van der Waals surface area contributed by atoms with E-state index in [-0.39, 0.29) is 68.2 Å². The maximum atomic E-state index is 11.6. The minimum atomic E-state index is -1.76. The van der Waals surface area contributed by atoms with Crippen molar-refractivity contribution >= 4 is 28.6 Å². The maximum Gasteiger partial charge on any atom is 0.333 e. The number of halogens is 2. The van der Waals surface area contributed by atoms with E-state index < -0.39 is 16.6 Å². The molecular formula is C29H66Br2N2O5Si2. The zero-order chi connectivity index (χ0) is 27.5. The number of esters is 2. The zero-order valence-corrected chi connectivity index (χ0v) is 30.3. The van der Waals surface area contributed by atoms with Crippen LogP contribution in [0.3, 0.4) is 0 Å². The predicted octanol–water partition coefficient (Wildman–Crippen LogP) is 0.501. The van der Waals surface area contributed by atoms with Crippen LogP contribution in [-0.2, 0) is 23.2 Å². The second kappa shape index (κ2) is 23.2. The average Bonchev–Trinajstić information content (AvgIpc) is 2.65. The molecule has 0 unspecified atom stereocenters. The summed E-state index contributed by atoms with van der Waals surface area (Å²) in [6, 6.07) is 2.26. The number of nitrogens with zero attached hydrogens (tertiary/aromatic N) is 2. The molecule has 0 amide bonds. The number of ether oxygens (including phenoxy) is 2. The van der Waals surface area contributed by atoms with Gasteiger partial charge in [0.1, 0.15) is 26.3 Å². The Morgan fingerprint density at radius 2 is 0.900 bits per heavy atom. The molecule has 11 heteroatoms. The average molecular weight is 739 g/mol. The minimum absolute atomic E-state index is 0. The van der Waals surface area contributed by atoms with Gasteiger partial charge in [-0.15, -0.1) is 0 Å². The number of hydrogen-bond acceptors (Lipinski definition) is 5. The van der Waals surface area contributed by atoms with Crippen molar-refractivity contribution in [2.45, 2.75) is 87.2 Å². The van der Waals surface area contributed by atoms with Gasteiger partial charge in [0.15, 0.2) is 16.6 Å². The van der Waals surface area contributed by atoms with E-state index in [9.17, 15) is 9.59 Å². The SMILES string of the molecule is C.C.C.C=C(C)C(=O)OCC[N+](C)(C)CCC[Si](C)(C)O[Si](C)(C)CCC[N+](C)(C)CCOC(=O)C(=C)C.[Br-].[Br-]. The molecule has 0 fully saturated rings. The molecule has 0 rings (SSSR count). The van der Waals surface area contributed by atoms with E-state index in [1.54, 1.807) is 13.8 Å². The van der Waals surface area contributed by atoms with Crippen LogP contribution in [0.15, 0.2) is 24.3 Å². The van der Waals surface area contributed by atoms with Crippen LogP contribution in [0.1, 0.15) is 49.0 Å². The van der Waals surface area contributed by atoms with Gasteiger partial charge in [-0.05, 0) is 65.0 Å². The number of carbonyl (C=O) groups is 2. The number of quaternary nitrogens is 2. The molecule has 0 aromatic carbocycles. The Hall–Kier alpha value is -0.306. The van der Waals surface area contributed by atoms with E-state index in [1.165, 1.54) is 0 Å². The van der Waals surface area contributed by atoms with E-state index in [0.29, 0.717) is 24.4 Å². The predicted molar refractivity (Wildman–Crippen MR) is 170 cm³/mol. The van der Waals surface area contributed by atoms with Gasteiger partial charge in [-0.3, -0.25) is 0 Å². The lowest BCUT2D eigenvalue weighted by atomic mass is 10.3. The third-order valence-corrected chi connectivity index (χ3v) is 13.7. The first-order chi connectivity index (χ1) is 15.8. The van der Waals surface area contributed by atoms with Crippen molar-refractivity contribution in [3.8, 4) is 0 Å². The highest BCUT2D eigenvalue weighted by molar-refractivity contribution is 6.84. The lowest BCUT2D eigenvalue weighted by molar-refractivity contribution is -0.890. The first-order valence-electron chi connectivity index (χ1n) is 12.8. The van der Waals surface area contributed by atoms with E-state index in [2.05, 4.69) is 67.5 Å². The Balaban J connectivity index is -0.000000578. The topological polar surface area (TPSA) is 61.8 Å². The molecule has 0 aliphatic rings. The molecule has 0 atom stereocenters. The normalized spacial score (nSPS) is 11.2. The molecule has 244 valence electrons. The number of likely N-dealkylation sites (N-methyl/N-ethyl adjacent to an activating group) is 2. The lowest BCUT2D eigenvalue weighted by Gasteiger charge is -2.36. The van der Waals surface area contributed by atoms with E-state index in [0.717, 1.165) is 60.1 Å². The van der Waals surface area contributed by atoms with Crippen molar-refractivity contribution in [2.75, 3.05) is 67.6 Å². The molecule has 0 heterocycles. The van der Waals surface area contributed by atoms with Crippen LogP contribution in [0.4, 0.5) is 0 Å². The highest BCUT2D eigenvalue weighted by Crippen LogP contribution is 2.24. The summed E-state index contributed by atoms with van der Waals surface area (Å²) in [7, 11) is 5.21. The largest absolute Gasteiger partial charge is 1.00 e. The molecule has 0 aromatic heterocycles. The highest BCUT2D eigenvalue weighted by atomic mass is 79.9. The summed E-state index contributed by atoms with van der Waals surface area (Å²) in [4.78, 5) is 23.1. The molecule has 0 radical (unpaired) electrons. The van der Waals surface area contributed by atoms with Crippen LogP contribution in [0.2, 0.25) is 38.3 Å². The van der Waals surface area contributed by atoms with Gasteiger partial charge in [-0.2, -0.15) is 0 Å².